The number of hydrogen-bond acceptors (Lipinski definition) is 4. The Morgan fingerprint density at radius 1 is 1.32 bits per heavy atom. The van der Waals surface area contributed by atoms with Crippen molar-refractivity contribution in [2.75, 3.05) is 17.2 Å². The van der Waals surface area contributed by atoms with Crippen LogP contribution in [0, 0.1) is 0 Å². The zero-order valence-electron chi connectivity index (χ0n) is 11.8. The van der Waals surface area contributed by atoms with E-state index in [1.807, 2.05) is 20.8 Å². The molecule has 0 aliphatic carbocycles. The molecule has 7 heteroatoms. The van der Waals surface area contributed by atoms with E-state index in [0.717, 1.165) is 5.69 Å². The van der Waals surface area contributed by atoms with Crippen LogP contribution in [0.1, 0.15) is 38.9 Å². The van der Waals surface area contributed by atoms with Gasteiger partial charge >= 0.3 is 0 Å². The molecule has 1 aromatic heterocycles. The number of nitrogens with zero attached hydrogens (tertiary/aromatic N) is 2. The van der Waals surface area contributed by atoms with E-state index in [1.54, 1.807) is 11.7 Å². The highest BCUT2D eigenvalue weighted by Gasteiger charge is 2.34. The number of hydrogen-bond donors (Lipinski definition) is 1. The molecule has 0 bridgehead atoms. The quantitative estimate of drug-likeness (QED) is 0.811. The fourth-order valence-corrected chi connectivity index (χ4v) is 4.60. The monoisotopic (exact) mass is 287 g/mol. The van der Waals surface area contributed by atoms with E-state index >= 15 is 0 Å². The third-order valence-electron chi connectivity index (χ3n) is 3.61. The van der Waals surface area contributed by atoms with E-state index in [4.69, 9.17) is 5.73 Å². The maximum absolute atomic E-state index is 12.3. The molecule has 1 aliphatic heterocycles. The maximum atomic E-state index is 12.3. The van der Waals surface area contributed by atoms with Gasteiger partial charge in [-0.2, -0.15) is 0 Å². The van der Waals surface area contributed by atoms with Gasteiger partial charge in [0, 0.05) is 12.5 Å². The Bertz CT molecular complexity index is 662. The molecule has 2 N–H and O–H groups in total. The lowest BCUT2D eigenvalue weighted by Gasteiger charge is -2.22. The summed E-state index contributed by atoms with van der Waals surface area (Å²) in [6.07, 6.45) is 0.475. The summed E-state index contributed by atoms with van der Waals surface area (Å²) in [6, 6.07) is -0.305. The van der Waals surface area contributed by atoms with Crippen LogP contribution < -0.4 is 11.3 Å². The van der Waals surface area contributed by atoms with Crippen molar-refractivity contribution in [1.82, 2.24) is 9.36 Å². The molecule has 19 heavy (non-hydrogen) atoms. The number of sulfone groups is 1. The van der Waals surface area contributed by atoms with Crippen LogP contribution in [0.5, 0.6) is 0 Å². The molecule has 1 aliphatic rings. The van der Waals surface area contributed by atoms with E-state index in [1.165, 1.54) is 4.68 Å². The molecule has 1 unspecified atom stereocenters. The van der Waals surface area contributed by atoms with Crippen molar-refractivity contribution in [3.05, 3.63) is 16.0 Å². The predicted octanol–water partition coefficient (Wildman–Crippen LogP) is 0.426. The average molecular weight is 287 g/mol. The van der Waals surface area contributed by atoms with Crippen LogP contribution in [0.3, 0.4) is 0 Å². The smallest absolute Gasteiger partial charge is 0.290 e. The molecule has 0 saturated carbocycles. The second-order valence-electron chi connectivity index (χ2n) is 6.24. The number of anilines is 1. The van der Waals surface area contributed by atoms with Crippen molar-refractivity contribution in [2.24, 2.45) is 7.05 Å². The van der Waals surface area contributed by atoms with Crippen LogP contribution in [-0.4, -0.2) is 29.3 Å². The lowest BCUT2D eigenvalue weighted by atomic mass is 9.91. The largest absolute Gasteiger partial charge is 0.393 e. The van der Waals surface area contributed by atoms with Crippen LogP contribution in [0.15, 0.2) is 4.79 Å². The fraction of sp³-hybridized carbons (Fsp3) is 0.750. The summed E-state index contributed by atoms with van der Waals surface area (Å²) >= 11 is 0. The first-order chi connectivity index (χ1) is 8.54. The van der Waals surface area contributed by atoms with Gasteiger partial charge in [0.2, 0.25) is 0 Å². The molecule has 0 aromatic carbocycles. The standard InChI is InChI=1S/C12H21N3O3S/c1-12(2,3)10-9(13)11(16)15(14(10)4)8-5-6-19(17,18)7-8/h8H,5-7,13H2,1-4H3. The molecule has 1 atom stereocenters. The Hall–Kier alpha value is -1.24. The highest BCUT2D eigenvalue weighted by atomic mass is 32.2. The van der Waals surface area contributed by atoms with Gasteiger partial charge in [0.05, 0.1) is 23.2 Å². The third-order valence-corrected chi connectivity index (χ3v) is 5.36. The van der Waals surface area contributed by atoms with Crippen LogP contribution in [-0.2, 0) is 22.3 Å². The Labute approximate surface area is 113 Å². The Balaban J connectivity index is 2.58. The van der Waals surface area contributed by atoms with Crippen LogP contribution in [0.2, 0.25) is 0 Å². The van der Waals surface area contributed by atoms with E-state index in [-0.39, 0.29) is 34.2 Å². The molecule has 108 valence electrons. The van der Waals surface area contributed by atoms with Gasteiger partial charge in [0.1, 0.15) is 5.69 Å². The minimum atomic E-state index is -3.03. The average Bonchev–Trinajstić information content (AvgIpc) is 2.66. The van der Waals surface area contributed by atoms with Gasteiger partial charge in [-0.25, -0.2) is 13.1 Å². The molecule has 1 saturated heterocycles. The van der Waals surface area contributed by atoms with Gasteiger partial charge in [-0.15, -0.1) is 0 Å². The highest BCUT2D eigenvalue weighted by molar-refractivity contribution is 7.91. The fourth-order valence-electron chi connectivity index (χ4n) is 2.91. The van der Waals surface area contributed by atoms with Crippen molar-refractivity contribution in [1.29, 1.82) is 0 Å². The molecule has 0 radical (unpaired) electrons. The van der Waals surface area contributed by atoms with Gasteiger partial charge in [-0.05, 0) is 6.42 Å². The summed E-state index contributed by atoms with van der Waals surface area (Å²) < 4.78 is 26.4. The topological polar surface area (TPSA) is 87.1 Å². The number of nitrogens with two attached hydrogens (primary N) is 1. The van der Waals surface area contributed by atoms with Crippen LogP contribution >= 0.6 is 0 Å². The molecule has 6 nitrogen and oxygen atoms in total. The van der Waals surface area contributed by atoms with Crippen molar-refractivity contribution in [2.45, 2.75) is 38.6 Å². The zero-order chi connectivity index (χ0) is 14.6. The van der Waals surface area contributed by atoms with Crippen molar-refractivity contribution < 1.29 is 8.42 Å². The summed E-state index contributed by atoms with van der Waals surface area (Å²) in [5, 5.41) is 0. The maximum Gasteiger partial charge on any atom is 0.290 e. The first-order valence-electron chi connectivity index (χ1n) is 6.32. The lowest BCUT2D eigenvalue weighted by molar-refractivity contribution is 0.390. The van der Waals surface area contributed by atoms with Gasteiger partial charge < -0.3 is 5.73 Å². The number of rotatable bonds is 1. The Morgan fingerprint density at radius 2 is 1.89 bits per heavy atom. The molecule has 0 amide bonds. The minimum absolute atomic E-state index is 0.0216. The molecular weight excluding hydrogens is 266 g/mol. The van der Waals surface area contributed by atoms with Crippen LogP contribution in [0.4, 0.5) is 5.69 Å². The van der Waals surface area contributed by atoms with Crippen molar-refractivity contribution in [3.63, 3.8) is 0 Å². The minimum Gasteiger partial charge on any atom is -0.393 e. The van der Waals surface area contributed by atoms with Gasteiger partial charge in [0.25, 0.3) is 5.56 Å². The second kappa shape index (κ2) is 4.13. The third kappa shape index (κ3) is 2.31. The molecular formula is C12H21N3O3S. The highest BCUT2D eigenvalue weighted by Crippen LogP contribution is 2.29. The Kier molecular flexibility index (Phi) is 3.08. The van der Waals surface area contributed by atoms with Crippen molar-refractivity contribution in [3.8, 4) is 0 Å². The number of aromatic nitrogens is 2. The summed E-state index contributed by atoms with van der Waals surface area (Å²) in [6.45, 7) is 5.94. The van der Waals surface area contributed by atoms with E-state index in [9.17, 15) is 13.2 Å². The molecule has 2 rings (SSSR count). The molecule has 2 heterocycles. The lowest BCUT2D eigenvalue weighted by Crippen LogP contribution is -2.28. The van der Waals surface area contributed by atoms with E-state index in [0.29, 0.717) is 6.42 Å². The number of nitrogen functional groups attached to an aromatic ring is 1. The molecule has 0 spiro atoms. The van der Waals surface area contributed by atoms with Gasteiger partial charge in [-0.3, -0.25) is 9.48 Å². The summed E-state index contributed by atoms with van der Waals surface area (Å²) in [7, 11) is -1.26. The predicted molar refractivity (Wildman–Crippen MR) is 75.1 cm³/mol. The van der Waals surface area contributed by atoms with Crippen molar-refractivity contribution >= 4 is 15.5 Å². The summed E-state index contributed by atoms with van der Waals surface area (Å²) in [5.74, 6) is 0.161. The van der Waals surface area contributed by atoms with Gasteiger partial charge in [-0.1, -0.05) is 20.8 Å². The Morgan fingerprint density at radius 3 is 2.26 bits per heavy atom. The van der Waals surface area contributed by atoms with Crippen LogP contribution in [0.25, 0.3) is 0 Å². The molecule has 1 fully saturated rings. The summed E-state index contributed by atoms with van der Waals surface area (Å²) in [4.78, 5) is 12.3. The SMILES string of the molecule is Cn1c(C(C)(C)C)c(N)c(=O)n1C1CCS(=O)(=O)C1. The first-order valence-corrected chi connectivity index (χ1v) is 8.14. The summed E-state index contributed by atoms with van der Waals surface area (Å²) in [5.41, 5.74) is 6.35. The normalized spacial score (nSPS) is 22.8. The zero-order valence-corrected chi connectivity index (χ0v) is 12.6. The first kappa shape index (κ1) is 14.2. The second-order valence-corrected chi connectivity index (χ2v) is 8.47. The van der Waals surface area contributed by atoms with E-state index in [2.05, 4.69) is 0 Å². The molecule has 1 aromatic rings. The van der Waals surface area contributed by atoms with E-state index < -0.39 is 9.84 Å². The van der Waals surface area contributed by atoms with Gasteiger partial charge in [0.15, 0.2) is 9.84 Å².